The minimum absolute atomic E-state index is 0. The number of nitrogens with one attached hydrogen (secondary N) is 3. The first kappa shape index (κ1) is 25.4. The number of guanidine groups is 1. The van der Waals surface area contributed by atoms with Gasteiger partial charge in [0.25, 0.3) is 0 Å². The van der Waals surface area contributed by atoms with Crippen molar-refractivity contribution in [2.24, 2.45) is 15.8 Å². The lowest BCUT2D eigenvalue weighted by Crippen LogP contribution is -2.44. The van der Waals surface area contributed by atoms with Crippen LogP contribution in [0.4, 0.5) is 0 Å². The molecular formula is C19H39IN4O2. The van der Waals surface area contributed by atoms with E-state index in [1.54, 1.807) is 7.11 Å². The van der Waals surface area contributed by atoms with E-state index >= 15 is 0 Å². The number of nitrogens with zero attached hydrogens (tertiary/aromatic N) is 1. The minimum Gasteiger partial charge on any atom is -0.385 e. The van der Waals surface area contributed by atoms with Gasteiger partial charge in [-0.1, -0.05) is 33.6 Å². The van der Waals surface area contributed by atoms with Gasteiger partial charge in [0.1, 0.15) is 0 Å². The van der Waals surface area contributed by atoms with Gasteiger partial charge in [0.2, 0.25) is 5.91 Å². The van der Waals surface area contributed by atoms with Gasteiger partial charge in [0.15, 0.2) is 5.96 Å². The second-order valence-electron chi connectivity index (χ2n) is 8.08. The Morgan fingerprint density at radius 3 is 2.27 bits per heavy atom. The van der Waals surface area contributed by atoms with Crippen LogP contribution in [-0.2, 0) is 9.53 Å². The molecule has 1 aliphatic rings. The molecule has 0 aliphatic heterocycles. The summed E-state index contributed by atoms with van der Waals surface area (Å²) in [4.78, 5) is 16.7. The van der Waals surface area contributed by atoms with E-state index in [-0.39, 0.29) is 35.3 Å². The van der Waals surface area contributed by atoms with E-state index in [2.05, 4.69) is 22.9 Å². The van der Waals surface area contributed by atoms with Crippen LogP contribution in [0.25, 0.3) is 0 Å². The number of hydrogen-bond acceptors (Lipinski definition) is 3. The maximum absolute atomic E-state index is 11.9. The molecule has 0 saturated heterocycles. The largest absolute Gasteiger partial charge is 0.385 e. The van der Waals surface area contributed by atoms with Crippen molar-refractivity contribution in [2.75, 3.05) is 39.9 Å². The lowest BCUT2D eigenvalue weighted by atomic mass is 9.83. The van der Waals surface area contributed by atoms with Gasteiger partial charge in [0, 0.05) is 45.3 Å². The smallest absolute Gasteiger partial charge is 0.225 e. The third kappa shape index (κ3) is 9.39. The molecule has 0 unspecified atom stereocenters. The Balaban J connectivity index is 0.00000625. The summed E-state index contributed by atoms with van der Waals surface area (Å²) in [6, 6.07) is 0. The van der Waals surface area contributed by atoms with E-state index in [0.717, 1.165) is 32.1 Å². The lowest BCUT2D eigenvalue weighted by molar-refractivity contribution is -0.128. The van der Waals surface area contributed by atoms with Gasteiger partial charge in [-0.25, -0.2) is 0 Å². The second kappa shape index (κ2) is 12.8. The summed E-state index contributed by atoms with van der Waals surface area (Å²) in [5, 5.41) is 9.56. The SMILES string of the molecule is CCNC(=NCC1(CCOC)CCCC1)NCCNC(=O)C(C)(C)C.I. The van der Waals surface area contributed by atoms with E-state index in [1.165, 1.54) is 25.7 Å². The number of aliphatic imine (C=N–C) groups is 1. The van der Waals surface area contributed by atoms with Gasteiger partial charge in [-0.2, -0.15) is 0 Å². The molecule has 1 amide bonds. The first-order chi connectivity index (χ1) is 11.8. The predicted molar refractivity (Wildman–Crippen MR) is 119 cm³/mol. The molecular weight excluding hydrogens is 443 g/mol. The number of ether oxygens (including phenoxy) is 1. The van der Waals surface area contributed by atoms with Crippen molar-refractivity contribution in [1.29, 1.82) is 0 Å². The quantitative estimate of drug-likeness (QED) is 0.205. The van der Waals surface area contributed by atoms with Crippen LogP contribution >= 0.6 is 24.0 Å². The Bertz CT molecular complexity index is 430. The fourth-order valence-corrected chi connectivity index (χ4v) is 3.14. The summed E-state index contributed by atoms with van der Waals surface area (Å²) >= 11 is 0. The molecule has 0 radical (unpaired) electrons. The van der Waals surface area contributed by atoms with Gasteiger partial charge in [-0.15, -0.1) is 24.0 Å². The van der Waals surface area contributed by atoms with Crippen LogP contribution < -0.4 is 16.0 Å². The van der Waals surface area contributed by atoms with Crippen LogP contribution in [0.1, 0.15) is 59.8 Å². The zero-order chi connectivity index (χ0) is 18.8. The Labute approximate surface area is 176 Å². The Morgan fingerprint density at radius 1 is 1.12 bits per heavy atom. The highest BCUT2D eigenvalue weighted by atomic mass is 127. The summed E-state index contributed by atoms with van der Waals surface area (Å²) in [5.74, 6) is 0.900. The monoisotopic (exact) mass is 482 g/mol. The fourth-order valence-electron chi connectivity index (χ4n) is 3.14. The number of carbonyl (C=O) groups excluding carboxylic acids is 1. The van der Waals surface area contributed by atoms with Gasteiger partial charge in [-0.3, -0.25) is 9.79 Å². The van der Waals surface area contributed by atoms with Crippen LogP contribution in [0, 0.1) is 10.8 Å². The van der Waals surface area contributed by atoms with Crippen molar-refractivity contribution >= 4 is 35.8 Å². The predicted octanol–water partition coefficient (Wildman–Crippen LogP) is 2.92. The highest BCUT2D eigenvalue weighted by molar-refractivity contribution is 14.0. The molecule has 26 heavy (non-hydrogen) atoms. The van der Waals surface area contributed by atoms with Gasteiger partial charge >= 0.3 is 0 Å². The summed E-state index contributed by atoms with van der Waals surface area (Å²) in [5.41, 5.74) is -0.0619. The van der Waals surface area contributed by atoms with E-state index in [1.807, 2.05) is 20.8 Å². The van der Waals surface area contributed by atoms with Crippen LogP contribution in [0.5, 0.6) is 0 Å². The first-order valence-corrected chi connectivity index (χ1v) is 9.62. The van der Waals surface area contributed by atoms with Gasteiger partial charge < -0.3 is 20.7 Å². The zero-order valence-corrected chi connectivity index (χ0v) is 19.6. The number of carbonyl (C=O) groups is 1. The Morgan fingerprint density at radius 2 is 1.73 bits per heavy atom. The molecule has 1 aliphatic carbocycles. The van der Waals surface area contributed by atoms with Gasteiger partial charge in [-0.05, 0) is 31.6 Å². The Kier molecular flexibility index (Phi) is 12.5. The van der Waals surface area contributed by atoms with Crippen LogP contribution in [0.15, 0.2) is 4.99 Å². The third-order valence-corrected chi connectivity index (χ3v) is 4.80. The van der Waals surface area contributed by atoms with Crippen molar-refractivity contribution in [3.63, 3.8) is 0 Å². The Hall–Kier alpha value is -0.570. The maximum Gasteiger partial charge on any atom is 0.225 e. The minimum atomic E-state index is -0.352. The summed E-state index contributed by atoms with van der Waals surface area (Å²) in [7, 11) is 1.77. The van der Waals surface area contributed by atoms with Crippen molar-refractivity contribution in [1.82, 2.24) is 16.0 Å². The third-order valence-electron chi connectivity index (χ3n) is 4.80. The number of amides is 1. The highest BCUT2D eigenvalue weighted by Crippen LogP contribution is 2.41. The molecule has 154 valence electrons. The molecule has 0 aromatic carbocycles. The van der Waals surface area contributed by atoms with Crippen molar-refractivity contribution < 1.29 is 9.53 Å². The van der Waals surface area contributed by atoms with E-state index in [4.69, 9.17) is 9.73 Å². The van der Waals surface area contributed by atoms with Crippen LogP contribution in [0.3, 0.4) is 0 Å². The zero-order valence-electron chi connectivity index (χ0n) is 17.2. The number of hydrogen-bond donors (Lipinski definition) is 3. The molecule has 1 saturated carbocycles. The number of rotatable bonds is 9. The average Bonchev–Trinajstić information content (AvgIpc) is 3.02. The molecule has 0 bridgehead atoms. The molecule has 6 nitrogen and oxygen atoms in total. The summed E-state index contributed by atoms with van der Waals surface area (Å²) in [6.07, 6.45) is 6.14. The van der Waals surface area contributed by atoms with E-state index in [0.29, 0.717) is 18.5 Å². The van der Waals surface area contributed by atoms with Crippen molar-refractivity contribution in [3.05, 3.63) is 0 Å². The number of halogens is 1. The maximum atomic E-state index is 11.9. The molecule has 1 rings (SSSR count). The van der Waals surface area contributed by atoms with E-state index < -0.39 is 0 Å². The first-order valence-electron chi connectivity index (χ1n) is 9.62. The normalized spacial score (nSPS) is 16.7. The molecule has 0 heterocycles. The summed E-state index contributed by atoms with van der Waals surface area (Å²) in [6.45, 7) is 11.5. The molecule has 0 aromatic heterocycles. The molecule has 7 heteroatoms. The molecule has 1 fully saturated rings. The summed E-state index contributed by atoms with van der Waals surface area (Å²) < 4.78 is 5.29. The highest BCUT2D eigenvalue weighted by Gasteiger charge is 2.33. The second-order valence-corrected chi connectivity index (χ2v) is 8.08. The van der Waals surface area contributed by atoms with Crippen LogP contribution in [0.2, 0.25) is 0 Å². The molecule has 0 atom stereocenters. The fraction of sp³-hybridized carbons (Fsp3) is 0.895. The van der Waals surface area contributed by atoms with Crippen molar-refractivity contribution in [3.8, 4) is 0 Å². The van der Waals surface area contributed by atoms with E-state index in [9.17, 15) is 4.79 Å². The lowest BCUT2D eigenvalue weighted by Gasteiger charge is -2.27. The van der Waals surface area contributed by atoms with Crippen LogP contribution in [-0.4, -0.2) is 51.8 Å². The molecule has 3 N–H and O–H groups in total. The molecule has 0 spiro atoms. The van der Waals surface area contributed by atoms with Crippen molar-refractivity contribution in [2.45, 2.75) is 59.8 Å². The average molecular weight is 482 g/mol. The topological polar surface area (TPSA) is 74.8 Å². The molecule has 0 aromatic rings. The number of methoxy groups -OCH3 is 1. The van der Waals surface area contributed by atoms with Gasteiger partial charge in [0.05, 0.1) is 0 Å². The standard InChI is InChI=1S/C19H38N4O2.HI/c1-6-20-17(22-13-12-21-16(24)18(2,3)4)23-15-19(11-14-25-5)9-7-8-10-19;/h6-15H2,1-5H3,(H,21,24)(H2,20,22,23);1H.